The Kier molecular flexibility index (Phi) is 3.04. The van der Waals surface area contributed by atoms with E-state index in [0.29, 0.717) is 6.42 Å². The van der Waals surface area contributed by atoms with Gasteiger partial charge in [-0.3, -0.25) is 14.2 Å². The summed E-state index contributed by atoms with van der Waals surface area (Å²) in [5, 5.41) is 9.17. The third kappa shape index (κ3) is 1.99. The molecule has 1 N–H and O–H groups in total. The van der Waals surface area contributed by atoms with Crippen LogP contribution in [0.5, 0.6) is 0 Å². The van der Waals surface area contributed by atoms with Crippen LogP contribution in [0, 0.1) is 5.92 Å². The molecule has 7 nitrogen and oxygen atoms in total. The SMILES string of the molecule is O=C(O)C1CC2CCC1N2C(=O)Cn1cccnc1=O. The summed E-state index contributed by atoms with van der Waals surface area (Å²) in [6.07, 6.45) is 4.99. The molecule has 7 heteroatoms. The van der Waals surface area contributed by atoms with E-state index in [1.54, 1.807) is 11.0 Å². The lowest BCUT2D eigenvalue weighted by atomic mass is 9.89. The molecular formula is C13H15N3O4. The van der Waals surface area contributed by atoms with Crippen LogP contribution in [0.2, 0.25) is 0 Å². The van der Waals surface area contributed by atoms with Gasteiger partial charge in [0.05, 0.1) is 5.92 Å². The van der Waals surface area contributed by atoms with Crippen LogP contribution in [0.4, 0.5) is 0 Å². The average Bonchev–Trinajstić information content (AvgIpc) is 2.99. The fourth-order valence-corrected chi connectivity index (χ4v) is 3.38. The quantitative estimate of drug-likeness (QED) is 0.819. The first-order valence-corrected chi connectivity index (χ1v) is 6.63. The molecule has 0 aliphatic carbocycles. The van der Waals surface area contributed by atoms with Gasteiger partial charge in [-0.25, -0.2) is 9.78 Å². The number of rotatable bonds is 3. The number of carboxylic acids is 1. The molecule has 0 radical (unpaired) electrons. The summed E-state index contributed by atoms with van der Waals surface area (Å²) in [7, 11) is 0. The van der Waals surface area contributed by atoms with Gasteiger partial charge in [-0.15, -0.1) is 0 Å². The Morgan fingerprint density at radius 3 is 2.85 bits per heavy atom. The summed E-state index contributed by atoms with van der Waals surface area (Å²) in [5.41, 5.74) is -0.470. The zero-order valence-corrected chi connectivity index (χ0v) is 10.8. The molecule has 106 valence electrons. The van der Waals surface area contributed by atoms with E-state index < -0.39 is 17.6 Å². The van der Waals surface area contributed by atoms with Crippen molar-refractivity contribution in [3.8, 4) is 0 Å². The van der Waals surface area contributed by atoms with Crippen LogP contribution in [0.3, 0.4) is 0 Å². The molecule has 3 atom stereocenters. The number of hydrogen-bond acceptors (Lipinski definition) is 4. The van der Waals surface area contributed by atoms with Crippen molar-refractivity contribution in [3.05, 3.63) is 28.9 Å². The molecule has 2 aliphatic heterocycles. The molecule has 1 aromatic rings. The lowest BCUT2D eigenvalue weighted by Gasteiger charge is -2.23. The molecule has 0 aromatic carbocycles. The zero-order chi connectivity index (χ0) is 14.3. The lowest BCUT2D eigenvalue weighted by Crippen LogP contribution is -2.41. The molecule has 1 amide bonds. The maximum atomic E-state index is 12.3. The number of fused-ring (bicyclic) bond motifs is 2. The van der Waals surface area contributed by atoms with E-state index >= 15 is 0 Å². The van der Waals surface area contributed by atoms with Gasteiger partial charge >= 0.3 is 11.7 Å². The van der Waals surface area contributed by atoms with E-state index in [9.17, 15) is 14.4 Å². The minimum absolute atomic E-state index is 0.000901. The zero-order valence-electron chi connectivity index (χ0n) is 10.8. The number of aromatic nitrogens is 2. The topological polar surface area (TPSA) is 92.5 Å². The molecule has 2 bridgehead atoms. The average molecular weight is 277 g/mol. The van der Waals surface area contributed by atoms with E-state index in [2.05, 4.69) is 4.98 Å². The molecule has 2 fully saturated rings. The largest absolute Gasteiger partial charge is 0.481 e. The molecule has 3 heterocycles. The van der Waals surface area contributed by atoms with Crippen molar-refractivity contribution in [3.63, 3.8) is 0 Å². The monoisotopic (exact) mass is 277 g/mol. The van der Waals surface area contributed by atoms with E-state index in [1.807, 2.05) is 0 Å². The molecule has 3 unspecified atom stereocenters. The standard InChI is InChI=1S/C13H15N3O4/c17-11(7-15-5-1-4-14-13(15)20)16-8-2-3-10(16)9(6-8)12(18)19/h1,4-5,8-10H,2-3,6-7H2,(H,18,19). The summed E-state index contributed by atoms with van der Waals surface area (Å²) in [6, 6.07) is 1.37. The molecule has 2 aliphatic rings. The van der Waals surface area contributed by atoms with Crippen molar-refractivity contribution in [1.29, 1.82) is 0 Å². The summed E-state index contributed by atoms with van der Waals surface area (Å²) < 4.78 is 1.25. The summed E-state index contributed by atoms with van der Waals surface area (Å²) >= 11 is 0. The van der Waals surface area contributed by atoms with Crippen LogP contribution in [0.25, 0.3) is 0 Å². The molecule has 1 aromatic heterocycles. The van der Waals surface area contributed by atoms with Crippen LogP contribution in [0.1, 0.15) is 19.3 Å². The van der Waals surface area contributed by atoms with Gasteiger partial charge in [-0.05, 0) is 25.3 Å². The first-order chi connectivity index (χ1) is 9.58. The minimum Gasteiger partial charge on any atom is -0.481 e. The van der Waals surface area contributed by atoms with Crippen molar-refractivity contribution in [2.75, 3.05) is 0 Å². The Labute approximate surface area is 114 Å². The highest BCUT2D eigenvalue weighted by molar-refractivity contribution is 5.80. The maximum Gasteiger partial charge on any atom is 0.347 e. The summed E-state index contributed by atoms with van der Waals surface area (Å²) in [6.45, 7) is -0.0774. The van der Waals surface area contributed by atoms with Gasteiger partial charge in [0, 0.05) is 24.5 Å². The molecule has 3 rings (SSSR count). The highest BCUT2D eigenvalue weighted by atomic mass is 16.4. The van der Waals surface area contributed by atoms with E-state index in [0.717, 1.165) is 12.8 Å². The number of hydrogen-bond donors (Lipinski definition) is 1. The number of aliphatic carboxylic acids is 1. The summed E-state index contributed by atoms with van der Waals surface area (Å²) in [5.74, 6) is -1.51. The van der Waals surface area contributed by atoms with Gasteiger partial charge < -0.3 is 10.0 Å². The van der Waals surface area contributed by atoms with E-state index in [-0.39, 0.29) is 24.5 Å². The van der Waals surface area contributed by atoms with Gasteiger partial charge in [0.25, 0.3) is 0 Å². The highest BCUT2D eigenvalue weighted by Gasteiger charge is 2.51. The Hall–Kier alpha value is -2.18. The molecule has 0 spiro atoms. The number of carbonyl (C=O) groups is 2. The Morgan fingerprint density at radius 2 is 2.20 bits per heavy atom. The van der Waals surface area contributed by atoms with Gasteiger partial charge in [-0.2, -0.15) is 0 Å². The van der Waals surface area contributed by atoms with Crippen molar-refractivity contribution in [2.45, 2.75) is 37.9 Å². The van der Waals surface area contributed by atoms with Crippen molar-refractivity contribution in [1.82, 2.24) is 14.5 Å². The van der Waals surface area contributed by atoms with E-state index in [1.165, 1.54) is 17.0 Å². The Bertz CT molecular complexity index is 612. The van der Waals surface area contributed by atoms with Gasteiger partial charge in [0.2, 0.25) is 5.91 Å². The number of amides is 1. The van der Waals surface area contributed by atoms with Gasteiger partial charge in [-0.1, -0.05) is 0 Å². The van der Waals surface area contributed by atoms with Crippen molar-refractivity contribution >= 4 is 11.9 Å². The molecule has 20 heavy (non-hydrogen) atoms. The van der Waals surface area contributed by atoms with Crippen LogP contribution in [0.15, 0.2) is 23.3 Å². The third-order valence-corrected chi connectivity index (χ3v) is 4.23. The van der Waals surface area contributed by atoms with Crippen LogP contribution in [-0.4, -0.2) is 43.5 Å². The van der Waals surface area contributed by atoms with Crippen LogP contribution < -0.4 is 5.69 Å². The molecule has 2 saturated heterocycles. The normalized spacial score (nSPS) is 27.8. The van der Waals surface area contributed by atoms with Crippen molar-refractivity contribution < 1.29 is 14.7 Å². The smallest absolute Gasteiger partial charge is 0.347 e. The Morgan fingerprint density at radius 1 is 1.40 bits per heavy atom. The number of nitrogens with zero attached hydrogens (tertiary/aromatic N) is 3. The van der Waals surface area contributed by atoms with E-state index in [4.69, 9.17) is 5.11 Å². The number of carbonyl (C=O) groups excluding carboxylic acids is 1. The number of carboxylic acid groups (broad SMARTS) is 1. The first-order valence-electron chi connectivity index (χ1n) is 6.63. The van der Waals surface area contributed by atoms with Crippen LogP contribution >= 0.6 is 0 Å². The van der Waals surface area contributed by atoms with Crippen molar-refractivity contribution in [2.24, 2.45) is 5.92 Å². The second kappa shape index (κ2) is 4.73. The van der Waals surface area contributed by atoms with Gasteiger partial charge in [0.15, 0.2) is 0 Å². The third-order valence-electron chi connectivity index (χ3n) is 4.23. The highest BCUT2D eigenvalue weighted by Crippen LogP contribution is 2.41. The fraction of sp³-hybridized carbons (Fsp3) is 0.538. The predicted octanol–water partition coefficient (Wildman–Crippen LogP) is -0.293. The molecule has 0 saturated carbocycles. The second-order valence-corrected chi connectivity index (χ2v) is 5.31. The predicted molar refractivity (Wildman–Crippen MR) is 67.9 cm³/mol. The minimum atomic E-state index is -0.839. The second-order valence-electron chi connectivity index (χ2n) is 5.31. The Balaban J connectivity index is 1.77. The van der Waals surface area contributed by atoms with Gasteiger partial charge in [0.1, 0.15) is 6.54 Å². The molecular weight excluding hydrogens is 262 g/mol. The maximum absolute atomic E-state index is 12.3. The van der Waals surface area contributed by atoms with Crippen LogP contribution in [-0.2, 0) is 16.1 Å². The lowest BCUT2D eigenvalue weighted by molar-refractivity contribution is -0.143. The summed E-state index contributed by atoms with van der Waals surface area (Å²) in [4.78, 5) is 40.3. The first kappa shape index (κ1) is 12.8. The fourth-order valence-electron chi connectivity index (χ4n) is 3.38.